The number of hydrogen-bond acceptors (Lipinski definition) is 3. The van der Waals surface area contributed by atoms with Crippen molar-refractivity contribution in [1.82, 2.24) is 9.88 Å². The molecule has 1 aromatic carbocycles. The van der Waals surface area contributed by atoms with Gasteiger partial charge in [-0.1, -0.05) is 23.7 Å². The van der Waals surface area contributed by atoms with E-state index < -0.39 is 0 Å². The van der Waals surface area contributed by atoms with E-state index in [-0.39, 0.29) is 12.6 Å². The van der Waals surface area contributed by atoms with Crippen LogP contribution in [0.25, 0.3) is 0 Å². The molecule has 0 saturated heterocycles. The van der Waals surface area contributed by atoms with Gasteiger partial charge in [0.1, 0.15) is 0 Å². The van der Waals surface area contributed by atoms with Crippen LogP contribution in [0.1, 0.15) is 12.0 Å². The molecule has 5 nitrogen and oxygen atoms in total. The van der Waals surface area contributed by atoms with Crippen molar-refractivity contribution < 1.29 is 9.90 Å². The Bertz CT molecular complexity index is 607. The predicted molar refractivity (Wildman–Crippen MR) is 86.8 cm³/mol. The smallest absolute Gasteiger partial charge is 0.322 e. The number of anilines is 1. The average Bonchev–Trinajstić information content (AvgIpc) is 2.54. The van der Waals surface area contributed by atoms with Gasteiger partial charge < -0.3 is 15.3 Å². The van der Waals surface area contributed by atoms with Crippen molar-refractivity contribution in [3.8, 4) is 0 Å². The van der Waals surface area contributed by atoms with Gasteiger partial charge in [0.05, 0.1) is 10.7 Å². The zero-order valence-electron chi connectivity index (χ0n) is 12.1. The number of benzene rings is 1. The number of nitrogens with zero attached hydrogens (tertiary/aromatic N) is 2. The number of halogens is 1. The maximum atomic E-state index is 12.4. The Hall–Kier alpha value is -2.11. The fourth-order valence-electron chi connectivity index (χ4n) is 1.98. The van der Waals surface area contributed by atoms with Crippen molar-refractivity contribution in [3.63, 3.8) is 0 Å². The molecule has 0 saturated carbocycles. The van der Waals surface area contributed by atoms with Gasteiger partial charge in [-0.3, -0.25) is 4.98 Å². The van der Waals surface area contributed by atoms with E-state index >= 15 is 0 Å². The van der Waals surface area contributed by atoms with Crippen LogP contribution in [-0.4, -0.2) is 34.2 Å². The molecule has 0 unspecified atom stereocenters. The van der Waals surface area contributed by atoms with Crippen molar-refractivity contribution in [2.75, 3.05) is 18.5 Å². The summed E-state index contributed by atoms with van der Waals surface area (Å²) in [7, 11) is 0. The van der Waals surface area contributed by atoms with Gasteiger partial charge in [-0.05, 0) is 36.2 Å². The molecular formula is C16H18ClN3O2. The number of rotatable bonds is 6. The topological polar surface area (TPSA) is 65.5 Å². The second kappa shape index (κ2) is 8.36. The lowest BCUT2D eigenvalue weighted by Gasteiger charge is -2.23. The third-order valence-electron chi connectivity index (χ3n) is 3.11. The van der Waals surface area contributed by atoms with Crippen LogP contribution in [0.3, 0.4) is 0 Å². The van der Waals surface area contributed by atoms with Gasteiger partial charge in [0.25, 0.3) is 0 Å². The number of carbonyl (C=O) groups excluding carboxylic acids is 1. The van der Waals surface area contributed by atoms with Crippen LogP contribution in [-0.2, 0) is 6.54 Å². The second-order valence-corrected chi connectivity index (χ2v) is 5.17. The number of aliphatic hydroxyl groups excluding tert-OH is 1. The highest BCUT2D eigenvalue weighted by Crippen LogP contribution is 2.21. The number of urea groups is 1. The molecule has 116 valence electrons. The number of para-hydroxylation sites is 1. The molecule has 2 rings (SSSR count). The summed E-state index contributed by atoms with van der Waals surface area (Å²) in [5.41, 5.74) is 1.54. The molecule has 6 heteroatoms. The average molecular weight is 320 g/mol. The normalized spacial score (nSPS) is 10.3. The molecule has 2 amide bonds. The minimum Gasteiger partial charge on any atom is -0.396 e. The number of carbonyl (C=O) groups is 1. The van der Waals surface area contributed by atoms with Crippen molar-refractivity contribution in [3.05, 3.63) is 59.4 Å². The lowest BCUT2D eigenvalue weighted by Crippen LogP contribution is -2.35. The van der Waals surface area contributed by atoms with Crippen molar-refractivity contribution in [2.24, 2.45) is 0 Å². The molecule has 0 aliphatic rings. The summed E-state index contributed by atoms with van der Waals surface area (Å²) in [6, 6.07) is 10.5. The molecule has 0 fully saturated rings. The third-order valence-corrected chi connectivity index (χ3v) is 3.44. The highest BCUT2D eigenvalue weighted by Gasteiger charge is 2.14. The van der Waals surface area contributed by atoms with E-state index in [9.17, 15) is 4.79 Å². The van der Waals surface area contributed by atoms with E-state index in [0.29, 0.717) is 30.2 Å². The fraction of sp³-hybridized carbons (Fsp3) is 0.250. The zero-order valence-corrected chi connectivity index (χ0v) is 12.8. The Morgan fingerprint density at radius 2 is 1.95 bits per heavy atom. The summed E-state index contributed by atoms with van der Waals surface area (Å²) in [6.45, 7) is 0.931. The first-order valence-electron chi connectivity index (χ1n) is 7.01. The molecule has 2 aromatic rings. The summed E-state index contributed by atoms with van der Waals surface area (Å²) in [4.78, 5) is 18.0. The molecule has 0 atom stereocenters. The van der Waals surface area contributed by atoms with E-state index in [0.717, 1.165) is 5.56 Å². The maximum Gasteiger partial charge on any atom is 0.322 e. The molecule has 0 radical (unpaired) electrons. The lowest BCUT2D eigenvalue weighted by molar-refractivity contribution is 0.199. The van der Waals surface area contributed by atoms with Crippen LogP contribution in [0.2, 0.25) is 5.02 Å². The van der Waals surface area contributed by atoms with Crippen LogP contribution in [0.5, 0.6) is 0 Å². The number of nitrogens with one attached hydrogen (secondary N) is 1. The number of aliphatic hydroxyl groups is 1. The van der Waals surface area contributed by atoms with E-state index in [1.165, 1.54) is 0 Å². The quantitative estimate of drug-likeness (QED) is 0.859. The second-order valence-electron chi connectivity index (χ2n) is 4.76. The molecular weight excluding hydrogens is 302 g/mol. The lowest BCUT2D eigenvalue weighted by atomic mass is 10.2. The van der Waals surface area contributed by atoms with Gasteiger partial charge in [0.15, 0.2) is 0 Å². The number of amides is 2. The van der Waals surface area contributed by atoms with E-state index in [1.54, 1.807) is 35.5 Å². The summed E-state index contributed by atoms with van der Waals surface area (Å²) < 4.78 is 0. The highest BCUT2D eigenvalue weighted by molar-refractivity contribution is 6.33. The molecule has 0 aliphatic heterocycles. The molecule has 22 heavy (non-hydrogen) atoms. The molecule has 0 bridgehead atoms. The Labute approximate surface area is 134 Å². The van der Waals surface area contributed by atoms with Crippen molar-refractivity contribution in [1.29, 1.82) is 0 Å². The molecule has 1 heterocycles. The standard InChI is InChI=1S/C16H18ClN3O2/c17-14-4-1-2-5-15(14)19-16(22)20(10-3-11-21)12-13-6-8-18-9-7-13/h1-2,4-9,21H,3,10-12H2,(H,19,22). The Kier molecular flexibility index (Phi) is 6.18. The number of aromatic nitrogens is 1. The first-order chi connectivity index (χ1) is 10.7. The van der Waals surface area contributed by atoms with Crippen molar-refractivity contribution in [2.45, 2.75) is 13.0 Å². The van der Waals surface area contributed by atoms with E-state index in [1.807, 2.05) is 18.2 Å². The Morgan fingerprint density at radius 3 is 2.64 bits per heavy atom. The van der Waals surface area contributed by atoms with E-state index in [4.69, 9.17) is 16.7 Å². The predicted octanol–water partition coefficient (Wildman–Crippen LogP) is 3.15. The van der Waals surface area contributed by atoms with Crippen LogP contribution in [0.15, 0.2) is 48.8 Å². The Morgan fingerprint density at radius 1 is 1.23 bits per heavy atom. The van der Waals surface area contributed by atoms with Gasteiger partial charge >= 0.3 is 6.03 Å². The van der Waals surface area contributed by atoms with Crippen LogP contribution >= 0.6 is 11.6 Å². The van der Waals surface area contributed by atoms with E-state index in [2.05, 4.69) is 10.3 Å². The summed E-state index contributed by atoms with van der Waals surface area (Å²) in [5, 5.41) is 12.3. The monoisotopic (exact) mass is 319 g/mol. The minimum absolute atomic E-state index is 0.0339. The van der Waals surface area contributed by atoms with Crippen LogP contribution < -0.4 is 5.32 Å². The molecule has 0 spiro atoms. The summed E-state index contributed by atoms with van der Waals surface area (Å²) >= 11 is 6.06. The first kappa shape index (κ1) is 16.3. The fourth-order valence-corrected chi connectivity index (χ4v) is 2.16. The summed E-state index contributed by atoms with van der Waals surface area (Å²) in [6.07, 6.45) is 3.89. The first-order valence-corrected chi connectivity index (χ1v) is 7.38. The third kappa shape index (κ3) is 4.72. The van der Waals surface area contributed by atoms with Gasteiger partial charge in [-0.2, -0.15) is 0 Å². The summed E-state index contributed by atoms with van der Waals surface area (Å²) in [5.74, 6) is 0. The maximum absolute atomic E-state index is 12.4. The largest absolute Gasteiger partial charge is 0.396 e. The molecule has 1 aromatic heterocycles. The van der Waals surface area contributed by atoms with Gasteiger partial charge in [0.2, 0.25) is 0 Å². The Balaban J connectivity index is 2.07. The molecule has 0 aliphatic carbocycles. The minimum atomic E-state index is -0.252. The van der Waals surface area contributed by atoms with Crippen molar-refractivity contribution >= 4 is 23.3 Å². The SMILES string of the molecule is O=C(Nc1ccccc1Cl)N(CCCO)Cc1ccncc1. The molecule has 2 N–H and O–H groups in total. The van der Waals surface area contributed by atoms with Gasteiger partial charge in [-0.25, -0.2) is 4.79 Å². The van der Waals surface area contributed by atoms with Crippen LogP contribution in [0, 0.1) is 0 Å². The van der Waals surface area contributed by atoms with Gasteiger partial charge in [0, 0.05) is 32.1 Å². The number of pyridine rings is 1. The van der Waals surface area contributed by atoms with Crippen LogP contribution in [0.4, 0.5) is 10.5 Å². The van der Waals surface area contributed by atoms with Gasteiger partial charge in [-0.15, -0.1) is 0 Å². The zero-order chi connectivity index (χ0) is 15.8. The highest BCUT2D eigenvalue weighted by atomic mass is 35.5. The number of hydrogen-bond donors (Lipinski definition) is 2.